The number of carbonyl (C=O) groups is 5. The molecule has 16 heteroatoms. The van der Waals surface area contributed by atoms with Gasteiger partial charge in [-0.3, -0.25) is 19.3 Å². The highest BCUT2D eigenvalue weighted by Gasteiger charge is 2.61. The molecule has 6 rings (SSSR count). The van der Waals surface area contributed by atoms with Crippen molar-refractivity contribution in [1.82, 2.24) is 25.8 Å². The van der Waals surface area contributed by atoms with Gasteiger partial charge in [0, 0.05) is 30.5 Å². The molecule has 1 aromatic rings. The Morgan fingerprint density at radius 3 is 2.56 bits per heavy atom. The summed E-state index contributed by atoms with van der Waals surface area (Å²) in [5.41, 5.74) is -1.13. The molecule has 2 saturated heterocycles. The Balaban J connectivity index is 1.24. The van der Waals surface area contributed by atoms with Crippen LogP contribution in [0.25, 0.3) is 0 Å². The van der Waals surface area contributed by atoms with Gasteiger partial charge in [-0.15, -0.1) is 0 Å². The lowest BCUT2D eigenvalue weighted by atomic mass is 10.0. The number of rotatable bonds is 4. The number of nitrogens with zero attached hydrogens (tertiary/aromatic N) is 2. The first-order valence-corrected chi connectivity index (χ1v) is 19.9. The lowest BCUT2D eigenvalue weighted by Crippen LogP contribution is -2.58. The van der Waals surface area contributed by atoms with Crippen LogP contribution in [0, 0.1) is 11.7 Å². The third kappa shape index (κ3) is 8.53. The number of hydrogen-bond donors (Lipinski definition) is 3. The van der Waals surface area contributed by atoms with Crippen molar-refractivity contribution in [2.24, 2.45) is 5.92 Å². The third-order valence-corrected chi connectivity index (χ3v) is 12.1. The van der Waals surface area contributed by atoms with Gasteiger partial charge in [0.2, 0.25) is 17.7 Å². The molecule has 6 atom stereocenters. The zero-order valence-corrected chi connectivity index (χ0v) is 30.6. The predicted molar refractivity (Wildman–Crippen MR) is 186 cm³/mol. The van der Waals surface area contributed by atoms with E-state index in [4.69, 9.17) is 9.47 Å². The van der Waals surface area contributed by atoms with E-state index in [0.29, 0.717) is 24.0 Å². The van der Waals surface area contributed by atoms with Crippen molar-refractivity contribution < 1.29 is 46.3 Å². The van der Waals surface area contributed by atoms with E-state index < -0.39 is 80.9 Å². The van der Waals surface area contributed by atoms with E-state index in [0.717, 1.165) is 12.8 Å². The number of alkyl carbamates (subject to hydrolysis) is 1. The monoisotopic (exact) mass is 745 g/mol. The molecule has 0 radical (unpaired) electrons. The minimum absolute atomic E-state index is 0.0107. The van der Waals surface area contributed by atoms with Crippen LogP contribution < -0.4 is 16.0 Å². The molecular formula is C36H48FN5O9S. The second-order valence-electron chi connectivity index (χ2n) is 15.6. The molecule has 4 aliphatic heterocycles. The smallest absolute Gasteiger partial charge is 0.410 e. The minimum Gasteiger partial charge on any atom is -0.444 e. The zero-order valence-electron chi connectivity index (χ0n) is 29.8. The molecule has 5 aliphatic rings. The highest BCUT2D eigenvalue weighted by atomic mass is 32.2. The first-order valence-electron chi connectivity index (χ1n) is 18.1. The van der Waals surface area contributed by atoms with Gasteiger partial charge in [0.05, 0.1) is 24.6 Å². The molecule has 0 unspecified atom stereocenters. The van der Waals surface area contributed by atoms with Crippen LogP contribution in [0.4, 0.5) is 14.0 Å². The van der Waals surface area contributed by atoms with Crippen molar-refractivity contribution >= 4 is 39.7 Å². The number of hydrogen-bond acceptors (Lipinski definition) is 9. The number of benzene rings is 1. The summed E-state index contributed by atoms with van der Waals surface area (Å²) in [6.07, 6.45) is 5.00. The molecule has 3 N–H and O–H groups in total. The number of fused-ring (bicyclic) bond motifs is 3. The van der Waals surface area contributed by atoms with Gasteiger partial charge >= 0.3 is 12.2 Å². The fraction of sp³-hybridized carbons (Fsp3) is 0.639. The van der Waals surface area contributed by atoms with Crippen molar-refractivity contribution in [2.75, 3.05) is 18.1 Å². The third-order valence-electron chi connectivity index (χ3n) is 10.4. The molecule has 284 valence electrons. The van der Waals surface area contributed by atoms with Gasteiger partial charge in [-0.05, 0) is 64.5 Å². The highest BCUT2D eigenvalue weighted by Crippen LogP contribution is 2.46. The maximum atomic E-state index is 14.4. The first-order chi connectivity index (χ1) is 24.5. The lowest BCUT2D eigenvalue weighted by Gasteiger charge is -2.30. The number of ether oxygens (including phenoxy) is 2. The average molecular weight is 746 g/mol. The first kappa shape index (κ1) is 37.5. The zero-order chi connectivity index (χ0) is 37.4. The second kappa shape index (κ2) is 14.7. The number of sulfone groups is 1. The largest absolute Gasteiger partial charge is 0.444 e. The van der Waals surface area contributed by atoms with E-state index in [1.807, 2.05) is 12.2 Å². The van der Waals surface area contributed by atoms with E-state index in [-0.39, 0.29) is 62.7 Å². The van der Waals surface area contributed by atoms with E-state index in [1.54, 1.807) is 32.9 Å². The normalized spacial score (nSPS) is 30.8. The number of nitrogens with one attached hydrogen (secondary N) is 3. The van der Waals surface area contributed by atoms with Crippen LogP contribution in [-0.2, 0) is 46.8 Å². The molecule has 1 aliphatic carbocycles. The topological polar surface area (TPSA) is 181 Å². The van der Waals surface area contributed by atoms with Gasteiger partial charge in [-0.25, -0.2) is 22.4 Å². The SMILES string of the molecule is CC(C)(C)OC(=O)N[C@H]1CCCCC/C=C\[C@@H]2C[C@@]2(C(=O)N[C@@H]2CCS(=O)(=O)C2)NC(=O)[C@@H]2C[C@@H](OC(=O)N3Cc4cccc(F)c4C3)CN2C1=O. The molecule has 14 nitrogen and oxygen atoms in total. The van der Waals surface area contributed by atoms with Crippen molar-refractivity contribution in [3.8, 4) is 0 Å². The van der Waals surface area contributed by atoms with Crippen LogP contribution in [0.5, 0.6) is 0 Å². The molecule has 4 heterocycles. The van der Waals surface area contributed by atoms with Crippen molar-refractivity contribution in [3.63, 3.8) is 0 Å². The van der Waals surface area contributed by atoms with Gasteiger partial charge < -0.3 is 30.3 Å². The Kier molecular flexibility index (Phi) is 10.6. The van der Waals surface area contributed by atoms with Gasteiger partial charge in [-0.2, -0.15) is 0 Å². The van der Waals surface area contributed by atoms with Crippen molar-refractivity contribution in [1.29, 1.82) is 0 Å². The van der Waals surface area contributed by atoms with Gasteiger partial charge in [0.1, 0.15) is 35.1 Å². The number of allylic oxidation sites excluding steroid dienone is 1. The van der Waals surface area contributed by atoms with E-state index in [9.17, 15) is 36.8 Å². The highest BCUT2D eigenvalue weighted by molar-refractivity contribution is 7.91. The molecule has 5 amide bonds. The van der Waals surface area contributed by atoms with Crippen LogP contribution in [0.2, 0.25) is 0 Å². The Labute approximate surface area is 303 Å². The average Bonchev–Trinajstić information content (AvgIpc) is 3.36. The van der Waals surface area contributed by atoms with Gasteiger partial charge in [0.25, 0.3) is 0 Å². The van der Waals surface area contributed by atoms with E-state index in [2.05, 4.69) is 16.0 Å². The maximum absolute atomic E-state index is 14.4. The molecular weight excluding hydrogens is 697 g/mol. The van der Waals surface area contributed by atoms with Crippen molar-refractivity contribution in [2.45, 2.75) is 121 Å². The summed E-state index contributed by atoms with van der Waals surface area (Å²) in [7, 11) is -3.28. The lowest BCUT2D eigenvalue weighted by molar-refractivity contribution is -0.141. The van der Waals surface area contributed by atoms with Crippen LogP contribution in [0.1, 0.15) is 83.3 Å². The van der Waals surface area contributed by atoms with E-state index in [1.165, 1.54) is 15.9 Å². The molecule has 52 heavy (non-hydrogen) atoms. The minimum atomic E-state index is -3.28. The van der Waals surface area contributed by atoms with Crippen LogP contribution in [-0.4, -0.2) is 102 Å². The Morgan fingerprint density at radius 1 is 1.06 bits per heavy atom. The standard InChI is InChI=1S/C36H48FN5O9S/c1-35(2,3)51-33(46)39-28-13-8-6-4-5-7-11-23-17-36(23,32(45)38-24-14-15-52(48,49)21-24)40-30(43)29-16-25(19-42(29)31(28)44)50-34(47)41-18-22-10-9-12-27(37)26(22)20-41/h7,9-12,23-25,28-29H,4-6,8,13-21H2,1-3H3,(H,38,45)(H,39,46)(H,40,43)/b11-7-/t23-,24-,25-,28+,29+,36-/m1/s1. The summed E-state index contributed by atoms with van der Waals surface area (Å²) in [5.74, 6) is -2.68. The summed E-state index contributed by atoms with van der Waals surface area (Å²) in [5, 5.41) is 8.43. The van der Waals surface area contributed by atoms with Crippen molar-refractivity contribution in [3.05, 3.63) is 47.3 Å². The van der Waals surface area contributed by atoms with Gasteiger partial charge in [0.15, 0.2) is 9.84 Å². The Hall–Kier alpha value is -4.21. The second-order valence-corrected chi connectivity index (χ2v) is 17.8. The summed E-state index contributed by atoms with van der Waals surface area (Å²) in [4.78, 5) is 71.2. The molecule has 0 bridgehead atoms. The number of halogens is 1. The summed E-state index contributed by atoms with van der Waals surface area (Å²) < 4.78 is 49.9. The molecule has 0 spiro atoms. The molecule has 3 fully saturated rings. The number of amides is 5. The Bertz CT molecular complexity index is 1750. The fourth-order valence-corrected chi connectivity index (χ4v) is 9.24. The van der Waals surface area contributed by atoms with Crippen LogP contribution in [0.15, 0.2) is 30.4 Å². The molecule has 1 aromatic carbocycles. The fourth-order valence-electron chi connectivity index (χ4n) is 7.57. The van der Waals surface area contributed by atoms with Crippen LogP contribution >= 0.6 is 0 Å². The number of carbonyl (C=O) groups excluding carboxylic acids is 5. The van der Waals surface area contributed by atoms with Crippen LogP contribution in [0.3, 0.4) is 0 Å². The Morgan fingerprint density at radius 2 is 1.85 bits per heavy atom. The summed E-state index contributed by atoms with van der Waals surface area (Å²) >= 11 is 0. The molecule has 1 saturated carbocycles. The maximum Gasteiger partial charge on any atom is 0.410 e. The summed E-state index contributed by atoms with van der Waals surface area (Å²) in [6.45, 7) is 5.10. The molecule has 0 aromatic heterocycles. The van der Waals surface area contributed by atoms with Gasteiger partial charge in [-0.1, -0.05) is 37.1 Å². The quantitative estimate of drug-likeness (QED) is 0.391. The summed E-state index contributed by atoms with van der Waals surface area (Å²) in [6, 6.07) is 1.82. The van der Waals surface area contributed by atoms with E-state index >= 15 is 0 Å². The predicted octanol–water partition coefficient (Wildman–Crippen LogP) is 2.84.